The summed E-state index contributed by atoms with van der Waals surface area (Å²) in [5.74, 6) is -0.197. The molecule has 1 heterocycles. The minimum atomic E-state index is -0.197. The van der Waals surface area contributed by atoms with Crippen LogP contribution in [0.1, 0.15) is 15.9 Å². The number of carbonyl (C=O) groups is 1. The van der Waals surface area contributed by atoms with Crippen LogP contribution in [0.25, 0.3) is 0 Å². The van der Waals surface area contributed by atoms with Gasteiger partial charge in [0, 0.05) is 33.8 Å². The van der Waals surface area contributed by atoms with Gasteiger partial charge in [-0.1, -0.05) is 15.9 Å². The Bertz CT molecular complexity index is 578. The fourth-order valence-electron chi connectivity index (χ4n) is 1.55. The van der Waals surface area contributed by atoms with Crippen molar-refractivity contribution in [1.29, 1.82) is 0 Å². The Kier molecular flexibility index (Phi) is 3.62. The normalized spacial score (nSPS) is 10.1. The van der Waals surface area contributed by atoms with E-state index in [2.05, 4.69) is 26.2 Å². The number of hydrogen-bond acceptors (Lipinski definition) is 3. The van der Waals surface area contributed by atoms with E-state index < -0.39 is 0 Å². The highest BCUT2D eigenvalue weighted by molar-refractivity contribution is 9.10. The molecule has 0 aliphatic carbocycles. The van der Waals surface area contributed by atoms with Crippen LogP contribution < -0.4 is 11.1 Å². The van der Waals surface area contributed by atoms with Crippen LogP contribution in [0.5, 0.6) is 0 Å². The molecule has 0 bridgehead atoms. The summed E-state index contributed by atoms with van der Waals surface area (Å²) in [6.07, 6.45) is 3.34. The first-order chi connectivity index (χ1) is 8.56. The highest BCUT2D eigenvalue weighted by atomic mass is 79.9. The zero-order chi connectivity index (χ0) is 13.1. The number of nitrogens with one attached hydrogen (secondary N) is 1. The number of anilines is 2. The molecule has 4 nitrogen and oxygen atoms in total. The third-order valence-electron chi connectivity index (χ3n) is 2.45. The van der Waals surface area contributed by atoms with Crippen LogP contribution in [0, 0.1) is 6.92 Å². The van der Waals surface area contributed by atoms with E-state index in [1.54, 1.807) is 36.7 Å². The molecule has 92 valence electrons. The number of nitrogen functional groups attached to an aromatic ring is 1. The predicted octanol–water partition coefficient (Wildman–Crippen LogP) is 2.99. The summed E-state index contributed by atoms with van der Waals surface area (Å²) in [4.78, 5) is 16.0. The summed E-state index contributed by atoms with van der Waals surface area (Å²) in [7, 11) is 0. The van der Waals surface area contributed by atoms with Gasteiger partial charge in [0.05, 0.1) is 0 Å². The highest BCUT2D eigenvalue weighted by Crippen LogP contribution is 2.19. The average Bonchev–Trinajstić information content (AvgIpc) is 2.31. The molecule has 0 aliphatic heterocycles. The third kappa shape index (κ3) is 2.87. The fourth-order valence-corrected chi connectivity index (χ4v) is 2.06. The Hall–Kier alpha value is -1.88. The van der Waals surface area contributed by atoms with Crippen LogP contribution in [0.4, 0.5) is 11.4 Å². The molecule has 0 fully saturated rings. The van der Waals surface area contributed by atoms with Gasteiger partial charge in [-0.25, -0.2) is 0 Å². The maximum Gasteiger partial charge on any atom is 0.255 e. The Labute approximate surface area is 113 Å². The highest BCUT2D eigenvalue weighted by Gasteiger charge is 2.09. The molecule has 0 saturated heterocycles. The molecule has 1 amide bonds. The van der Waals surface area contributed by atoms with Crippen molar-refractivity contribution in [3.8, 4) is 0 Å². The molecule has 2 rings (SSSR count). The van der Waals surface area contributed by atoms with Gasteiger partial charge in [0.1, 0.15) is 0 Å². The van der Waals surface area contributed by atoms with Crippen LogP contribution in [-0.4, -0.2) is 10.9 Å². The molecule has 0 aliphatic rings. The fraction of sp³-hybridized carbons (Fsp3) is 0.0769. The lowest BCUT2D eigenvalue weighted by Crippen LogP contribution is -2.13. The smallest absolute Gasteiger partial charge is 0.255 e. The number of amides is 1. The molecule has 0 radical (unpaired) electrons. The van der Waals surface area contributed by atoms with Crippen molar-refractivity contribution in [3.05, 3.63) is 52.3 Å². The van der Waals surface area contributed by atoms with Crippen LogP contribution >= 0.6 is 15.9 Å². The van der Waals surface area contributed by atoms with Gasteiger partial charge in [0.15, 0.2) is 0 Å². The lowest BCUT2D eigenvalue weighted by Gasteiger charge is -2.08. The maximum absolute atomic E-state index is 12.1. The van der Waals surface area contributed by atoms with Gasteiger partial charge in [-0.15, -0.1) is 0 Å². The number of carbonyl (C=O) groups excluding carboxylic acids is 1. The van der Waals surface area contributed by atoms with Gasteiger partial charge in [-0.05, 0) is 36.8 Å². The maximum atomic E-state index is 12.1. The molecule has 0 saturated carbocycles. The van der Waals surface area contributed by atoms with Gasteiger partial charge >= 0.3 is 0 Å². The van der Waals surface area contributed by atoms with Crippen molar-refractivity contribution < 1.29 is 4.79 Å². The van der Waals surface area contributed by atoms with Crippen molar-refractivity contribution >= 4 is 33.2 Å². The topological polar surface area (TPSA) is 68.0 Å². The first-order valence-corrected chi connectivity index (χ1v) is 6.13. The number of pyridine rings is 1. The molecule has 5 heteroatoms. The number of aromatic nitrogens is 1. The van der Waals surface area contributed by atoms with E-state index >= 15 is 0 Å². The molecule has 0 unspecified atom stereocenters. The summed E-state index contributed by atoms with van der Waals surface area (Å²) < 4.78 is 0.777. The van der Waals surface area contributed by atoms with Crippen LogP contribution in [0.15, 0.2) is 41.1 Å². The summed E-state index contributed by atoms with van der Waals surface area (Å²) in [6, 6.07) is 6.86. The number of nitrogens with zero attached hydrogens (tertiary/aromatic N) is 1. The van der Waals surface area contributed by atoms with Gasteiger partial charge < -0.3 is 11.1 Å². The third-order valence-corrected chi connectivity index (χ3v) is 2.91. The number of aryl methyl sites for hydroxylation is 1. The summed E-state index contributed by atoms with van der Waals surface area (Å²) in [5.41, 5.74) is 8.41. The number of nitrogens with two attached hydrogens (primary N) is 1. The molecule has 1 aromatic heterocycles. The predicted molar refractivity (Wildman–Crippen MR) is 75.5 cm³/mol. The lowest BCUT2D eigenvalue weighted by atomic mass is 10.2. The standard InChI is InChI=1S/C13H12BrN3O/c1-8-7-16-3-2-12(8)17-13(18)9-4-10(14)6-11(15)5-9/h2-7H,15H2,1H3,(H,16,17,18). The summed E-state index contributed by atoms with van der Waals surface area (Å²) >= 11 is 3.31. The van der Waals surface area contributed by atoms with E-state index in [9.17, 15) is 4.79 Å². The van der Waals surface area contributed by atoms with Crippen molar-refractivity contribution in [2.45, 2.75) is 6.92 Å². The Morgan fingerprint density at radius 3 is 2.83 bits per heavy atom. The second kappa shape index (κ2) is 5.18. The van der Waals surface area contributed by atoms with E-state index in [-0.39, 0.29) is 5.91 Å². The average molecular weight is 306 g/mol. The first-order valence-electron chi connectivity index (χ1n) is 5.34. The summed E-state index contributed by atoms with van der Waals surface area (Å²) in [5, 5.41) is 2.83. The van der Waals surface area contributed by atoms with Crippen molar-refractivity contribution in [1.82, 2.24) is 4.98 Å². The van der Waals surface area contributed by atoms with E-state index in [0.717, 1.165) is 15.7 Å². The largest absolute Gasteiger partial charge is 0.399 e. The second-order valence-electron chi connectivity index (χ2n) is 3.92. The monoisotopic (exact) mass is 305 g/mol. The van der Waals surface area contributed by atoms with Crippen molar-refractivity contribution in [2.75, 3.05) is 11.1 Å². The quantitative estimate of drug-likeness (QED) is 0.838. The van der Waals surface area contributed by atoms with E-state index in [4.69, 9.17) is 5.73 Å². The number of rotatable bonds is 2. The minimum Gasteiger partial charge on any atom is -0.399 e. The van der Waals surface area contributed by atoms with E-state index in [0.29, 0.717) is 11.3 Å². The molecule has 0 atom stereocenters. The number of benzene rings is 1. The molecular weight excluding hydrogens is 294 g/mol. The van der Waals surface area contributed by atoms with E-state index in [1.807, 2.05) is 6.92 Å². The van der Waals surface area contributed by atoms with Crippen molar-refractivity contribution in [3.63, 3.8) is 0 Å². The number of halogens is 1. The summed E-state index contributed by atoms with van der Waals surface area (Å²) in [6.45, 7) is 1.89. The Balaban J connectivity index is 2.25. The van der Waals surface area contributed by atoms with Crippen LogP contribution in [0.2, 0.25) is 0 Å². The van der Waals surface area contributed by atoms with Gasteiger partial charge in [0.2, 0.25) is 0 Å². The van der Waals surface area contributed by atoms with Crippen LogP contribution in [-0.2, 0) is 0 Å². The minimum absolute atomic E-state index is 0.197. The van der Waals surface area contributed by atoms with Crippen LogP contribution in [0.3, 0.4) is 0 Å². The molecule has 2 aromatic rings. The molecule has 3 N–H and O–H groups in total. The number of hydrogen-bond donors (Lipinski definition) is 2. The van der Waals surface area contributed by atoms with Crippen molar-refractivity contribution in [2.24, 2.45) is 0 Å². The van der Waals surface area contributed by atoms with Gasteiger partial charge in [0.25, 0.3) is 5.91 Å². The second-order valence-corrected chi connectivity index (χ2v) is 4.83. The van der Waals surface area contributed by atoms with Gasteiger partial charge in [-0.2, -0.15) is 0 Å². The zero-order valence-electron chi connectivity index (χ0n) is 9.77. The molecule has 18 heavy (non-hydrogen) atoms. The first kappa shape index (κ1) is 12.6. The Morgan fingerprint density at radius 1 is 1.39 bits per heavy atom. The Morgan fingerprint density at radius 2 is 2.17 bits per heavy atom. The van der Waals surface area contributed by atoms with E-state index in [1.165, 1.54) is 0 Å². The molecular formula is C13H12BrN3O. The van der Waals surface area contributed by atoms with Gasteiger partial charge in [-0.3, -0.25) is 9.78 Å². The zero-order valence-corrected chi connectivity index (χ0v) is 11.4. The SMILES string of the molecule is Cc1cnccc1NC(=O)c1cc(N)cc(Br)c1. The molecule has 0 spiro atoms. The molecule has 1 aromatic carbocycles. The lowest BCUT2D eigenvalue weighted by molar-refractivity contribution is 0.102.